The molecular weight excluding hydrogens is 376 g/mol. The van der Waals surface area contributed by atoms with Gasteiger partial charge in [-0.1, -0.05) is 40.2 Å². The lowest BCUT2D eigenvalue weighted by molar-refractivity contribution is -0.123. The molecule has 2 N–H and O–H groups in total. The molecular formula is C17H19BrN2O2S. The Balaban J connectivity index is 2.02. The maximum absolute atomic E-state index is 12.4. The number of nitrogens with one attached hydrogen (secondary N) is 2. The molecule has 23 heavy (non-hydrogen) atoms. The molecule has 122 valence electrons. The molecule has 0 fully saturated rings. The zero-order chi connectivity index (χ0) is 16.8. The standard InChI is InChI=1S/C17H19BrN2O2S/c1-11(13-6-3-4-7-14(13)18)19-17(22)10-15(20-12(2)21)16-8-5-9-23-16/h3-9,11,15H,10H2,1-2H3,(H,19,22)(H,20,21)/t11-,15+/m1/s1. The Morgan fingerprint density at radius 1 is 1.17 bits per heavy atom. The predicted octanol–water partition coefficient (Wildman–Crippen LogP) is 3.96. The molecule has 0 aliphatic carbocycles. The number of amides is 2. The van der Waals surface area contributed by atoms with Crippen LogP contribution in [-0.4, -0.2) is 11.8 Å². The van der Waals surface area contributed by atoms with E-state index in [4.69, 9.17) is 0 Å². The van der Waals surface area contributed by atoms with Crippen LogP contribution in [0.3, 0.4) is 0 Å². The van der Waals surface area contributed by atoms with Crippen molar-refractivity contribution >= 4 is 39.1 Å². The highest BCUT2D eigenvalue weighted by Gasteiger charge is 2.20. The maximum atomic E-state index is 12.4. The quantitative estimate of drug-likeness (QED) is 0.778. The first kappa shape index (κ1) is 17.7. The van der Waals surface area contributed by atoms with Crippen molar-refractivity contribution in [3.05, 3.63) is 56.7 Å². The van der Waals surface area contributed by atoms with Crippen molar-refractivity contribution in [2.24, 2.45) is 0 Å². The molecule has 0 aliphatic rings. The largest absolute Gasteiger partial charge is 0.349 e. The van der Waals surface area contributed by atoms with Gasteiger partial charge in [0.25, 0.3) is 0 Å². The highest BCUT2D eigenvalue weighted by atomic mass is 79.9. The molecule has 1 aromatic carbocycles. The fraction of sp³-hybridized carbons (Fsp3) is 0.294. The first-order valence-corrected chi connectivity index (χ1v) is 8.99. The number of rotatable bonds is 6. The van der Waals surface area contributed by atoms with Crippen LogP contribution in [0.25, 0.3) is 0 Å². The van der Waals surface area contributed by atoms with Crippen LogP contribution in [0, 0.1) is 0 Å². The SMILES string of the molecule is CC(=O)N[C@@H](CC(=O)N[C@H](C)c1ccccc1Br)c1cccs1. The van der Waals surface area contributed by atoms with Gasteiger partial charge in [0.05, 0.1) is 18.5 Å². The minimum atomic E-state index is -0.293. The van der Waals surface area contributed by atoms with E-state index in [1.165, 1.54) is 18.3 Å². The van der Waals surface area contributed by atoms with E-state index in [1.54, 1.807) is 0 Å². The summed E-state index contributed by atoms with van der Waals surface area (Å²) in [7, 11) is 0. The molecule has 0 spiro atoms. The number of carbonyl (C=O) groups excluding carboxylic acids is 2. The van der Waals surface area contributed by atoms with E-state index in [-0.39, 0.29) is 30.3 Å². The first-order chi connectivity index (χ1) is 11.0. The van der Waals surface area contributed by atoms with Crippen LogP contribution < -0.4 is 10.6 Å². The van der Waals surface area contributed by atoms with E-state index < -0.39 is 0 Å². The predicted molar refractivity (Wildman–Crippen MR) is 96.2 cm³/mol. The second-order valence-corrected chi connectivity index (χ2v) is 7.12. The van der Waals surface area contributed by atoms with Crippen molar-refractivity contribution < 1.29 is 9.59 Å². The number of thiophene rings is 1. The molecule has 2 amide bonds. The van der Waals surface area contributed by atoms with Crippen molar-refractivity contribution in [2.75, 3.05) is 0 Å². The monoisotopic (exact) mass is 394 g/mol. The summed E-state index contributed by atoms with van der Waals surface area (Å²) in [5.41, 5.74) is 1.02. The Kier molecular flexibility index (Phi) is 6.36. The minimum Gasteiger partial charge on any atom is -0.349 e. The fourth-order valence-electron chi connectivity index (χ4n) is 2.35. The van der Waals surface area contributed by atoms with Gasteiger partial charge in [-0.3, -0.25) is 9.59 Å². The molecule has 1 aromatic heterocycles. The van der Waals surface area contributed by atoms with Gasteiger partial charge in [-0.05, 0) is 30.0 Å². The second-order valence-electron chi connectivity index (χ2n) is 5.28. The van der Waals surface area contributed by atoms with Gasteiger partial charge in [-0.2, -0.15) is 0 Å². The summed E-state index contributed by atoms with van der Waals surface area (Å²) >= 11 is 5.03. The second kappa shape index (κ2) is 8.26. The zero-order valence-corrected chi connectivity index (χ0v) is 15.4. The zero-order valence-electron chi connectivity index (χ0n) is 13.0. The van der Waals surface area contributed by atoms with E-state index in [0.29, 0.717) is 0 Å². The van der Waals surface area contributed by atoms with Crippen molar-refractivity contribution in [3.63, 3.8) is 0 Å². The highest BCUT2D eigenvalue weighted by molar-refractivity contribution is 9.10. The lowest BCUT2D eigenvalue weighted by Gasteiger charge is -2.19. The smallest absolute Gasteiger partial charge is 0.222 e. The number of benzene rings is 1. The van der Waals surface area contributed by atoms with Crippen molar-refractivity contribution in [1.29, 1.82) is 0 Å². The summed E-state index contributed by atoms with van der Waals surface area (Å²) in [4.78, 5) is 24.7. The van der Waals surface area contributed by atoms with E-state index in [2.05, 4.69) is 26.6 Å². The van der Waals surface area contributed by atoms with E-state index in [1.807, 2.05) is 48.7 Å². The number of halogens is 1. The lowest BCUT2D eigenvalue weighted by atomic mass is 10.1. The normalized spacial score (nSPS) is 13.2. The fourth-order valence-corrected chi connectivity index (χ4v) is 3.75. The number of hydrogen-bond acceptors (Lipinski definition) is 3. The topological polar surface area (TPSA) is 58.2 Å². The Morgan fingerprint density at radius 3 is 2.52 bits per heavy atom. The Hall–Kier alpha value is -1.66. The Morgan fingerprint density at radius 2 is 1.91 bits per heavy atom. The van der Waals surface area contributed by atoms with Gasteiger partial charge >= 0.3 is 0 Å². The Labute approximate surface area is 148 Å². The first-order valence-electron chi connectivity index (χ1n) is 7.31. The summed E-state index contributed by atoms with van der Waals surface area (Å²) in [6, 6.07) is 11.2. The molecule has 2 aromatic rings. The van der Waals surface area contributed by atoms with Gasteiger partial charge in [0.15, 0.2) is 0 Å². The molecule has 0 radical (unpaired) electrons. The molecule has 1 heterocycles. The van der Waals surface area contributed by atoms with Crippen LogP contribution in [0.5, 0.6) is 0 Å². The lowest BCUT2D eigenvalue weighted by Crippen LogP contribution is -2.33. The molecule has 4 nitrogen and oxygen atoms in total. The van der Waals surface area contributed by atoms with E-state index in [0.717, 1.165) is 14.9 Å². The van der Waals surface area contributed by atoms with Crippen LogP contribution in [0.4, 0.5) is 0 Å². The molecule has 0 aliphatic heterocycles. The van der Waals surface area contributed by atoms with Crippen LogP contribution in [-0.2, 0) is 9.59 Å². The third kappa shape index (κ3) is 5.18. The van der Waals surface area contributed by atoms with Crippen molar-refractivity contribution in [3.8, 4) is 0 Å². The summed E-state index contributed by atoms with van der Waals surface area (Å²) in [6.07, 6.45) is 0.217. The average Bonchev–Trinajstić information content (AvgIpc) is 3.00. The molecule has 2 atom stereocenters. The van der Waals surface area contributed by atoms with E-state index in [9.17, 15) is 9.59 Å². The van der Waals surface area contributed by atoms with Gasteiger partial charge in [0, 0.05) is 16.3 Å². The minimum absolute atomic E-state index is 0.0968. The molecule has 0 unspecified atom stereocenters. The molecule has 0 saturated heterocycles. The Bertz CT molecular complexity index is 673. The van der Waals surface area contributed by atoms with Crippen LogP contribution >= 0.6 is 27.3 Å². The number of carbonyl (C=O) groups is 2. The van der Waals surface area contributed by atoms with Crippen LogP contribution in [0.15, 0.2) is 46.3 Å². The van der Waals surface area contributed by atoms with Gasteiger partial charge in [-0.15, -0.1) is 11.3 Å². The average molecular weight is 395 g/mol. The third-order valence-electron chi connectivity index (χ3n) is 3.40. The molecule has 6 heteroatoms. The van der Waals surface area contributed by atoms with Gasteiger partial charge in [0.2, 0.25) is 11.8 Å². The highest BCUT2D eigenvalue weighted by Crippen LogP contribution is 2.25. The summed E-state index contributed by atoms with van der Waals surface area (Å²) in [5.74, 6) is -0.240. The van der Waals surface area contributed by atoms with Gasteiger partial charge in [0.1, 0.15) is 0 Å². The molecule has 0 bridgehead atoms. The van der Waals surface area contributed by atoms with Gasteiger partial charge in [-0.25, -0.2) is 0 Å². The summed E-state index contributed by atoms with van der Waals surface area (Å²) < 4.78 is 0.962. The molecule has 0 saturated carbocycles. The maximum Gasteiger partial charge on any atom is 0.222 e. The van der Waals surface area contributed by atoms with E-state index >= 15 is 0 Å². The van der Waals surface area contributed by atoms with Crippen molar-refractivity contribution in [1.82, 2.24) is 10.6 Å². The molecule has 2 rings (SSSR count). The van der Waals surface area contributed by atoms with Gasteiger partial charge < -0.3 is 10.6 Å². The third-order valence-corrected chi connectivity index (χ3v) is 5.11. The number of hydrogen-bond donors (Lipinski definition) is 2. The summed E-state index contributed by atoms with van der Waals surface area (Å²) in [6.45, 7) is 3.40. The summed E-state index contributed by atoms with van der Waals surface area (Å²) in [5, 5.41) is 7.76. The van der Waals surface area contributed by atoms with Crippen LogP contribution in [0.2, 0.25) is 0 Å². The van der Waals surface area contributed by atoms with Crippen LogP contribution in [0.1, 0.15) is 42.8 Å². The van der Waals surface area contributed by atoms with Crippen molar-refractivity contribution in [2.45, 2.75) is 32.4 Å².